The van der Waals surface area contributed by atoms with Gasteiger partial charge in [-0.25, -0.2) is 8.42 Å². The number of piperazine rings is 1. The summed E-state index contributed by atoms with van der Waals surface area (Å²) in [5.41, 5.74) is 2.70. The largest absolute Gasteiger partial charge is 0.488 e. The van der Waals surface area contributed by atoms with Crippen molar-refractivity contribution in [3.8, 4) is 5.75 Å². The molecule has 6 nitrogen and oxygen atoms in total. The summed E-state index contributed by atoms with van der Waals surface area (Å²) in [5, 5.41) is 0.630. The van der Waals surface area contributed by atoms with E-state index >= 15 is 0 Å². The van der Waals surface area contributed by atoms with E-state index in [2.05, 4.69) is 29.8 Å². The van der Waals surface area contributed by atoms with E-state index in [0.717, 1.165) is 21.2 Å². The molecule has 1 amide bonds. The van der Waals surface area contributed by atoms with Crippen LogP contribution in [-0.4, -0.2) is 49.7 Å². The van der Waals surface area contributed by atoms with Gasteiger partial charge in [-0.3, -0.25) is 4.79 Å². The summed E-state index contributed by atoms with van der Waals surface area (Å²) in [5.74, 6) is 0.772. The first-order valence-corrected chi connectivity index (χ1v) is 15.0. The third-order valence-electron chi connectivity index (χ3n) is 6.45. The van der Waals surface area contributed by atoms with E-state index in [9.17, 15) is 13.2 Å². The lowest BCUT2D eigenvalue weighted by molar-refractivity contribution is -0.127. The number of hydrogen-bond donors (Lipinski definition) is 0. The highest BCUT2D eigenvalue weighted by Crippen LogP contribution is 2.27. The number of rotatable bonds is 8. The molecule has 1 saturated heterocycles. The molecule has 0 atom stereocenters. The molecule has 3 aromatic rings. The summed E-state index contributed by atoms with van der Waals surface area (Å²) in [4.78, 5) is 14.9. The van der Waals surface area contributed by atoms with Crippen LogP contribution in [0.25, 0.3) is 6.08 Å². The van der Waals surface area contributed by atoms with Gasteiger partial charge < -0.3 is 9.64 Å². The Kier molecular flexibility index (Phi) is 9.31. The second-order valence-corrected chi connectivity index (χ2v) is 12.6. The standard InChI is InChI=1S/C29H30BrClN2O4S/c1-21(2)22-7-11-26(12-8-22)38(35,36)33-17-15-32(16-18-33)29(34)14-9-23-19-25(30)10-13-28(23)37-20-24-5-3-4-6-27(24)31/h3-14,19,21H,15-18,20H2,1-2H3/b14-9+. The first-order valence-electron chi connectivity index (χ1n) is 12.4. The molecule has 0 saturated carbocycles. The molecule has 1 heterocycles. The zero-order valence-electron chi connectivity index (χ0n) is 21.3. The first-order chi connectivity index (χ1) is 18.1. The maximum absolute atomic E-state index is 13.1. The first kappa shape index (κ1) is 28.4. The lowest BCUT2D eigenvalue weighted by atomic mass is 10.0. The van der Waals surface area contributed by atoms with E-state index in [0.29, 0.717) is 36.4 Å². The average Bonchev–Trinajstić information content (AvgIpc) is 2.92. The molecule has 0 aromatic heterocycles. The molecule has 1 aliphatic heterocycles. The fraction of sp³-hybridized carbons (Fsp3) is 0.276. The Balaban J connectivity index is 1.38. The van der Waals surface area contributed by atoms with Gasteiger partial charge in [0.05, 0.1) is 4.90 Å². The molecule has 0 aliphatic carbocycles. The van der Waals surface area contributed by atoms with Gasteiger partial charge in [-0.05, 0) is 54.0 Å². The van der Waals surface area contributed by atoms with Crippen LogP contribution in [0.15, 0.2) is 82.2 Å². The number of halogens is 2. The van der Waals surface area contributed by atoms with Crippen molar-refractivity contribution in [1.29, 1.82) is 0 Å². The van der Waals surface area contributed by atoms with Crippen molar-refractivity contribution in [2.45, 2.75) is 31.3 Å². The molecule has 38 heavy (non-hydrogen) atoms. The van der Waals surface area contributed by atoms with E-state index in [1.54, 1.807) is 23.1 Å². The Morgan fingerprint density at radius 1 is 1.03 bits per heavy atom. The molecule has 200 valence electrons. The van der Waals surface area contributed by atoms with Gasteiger partial charge in [-0.2, -0.15) is 4.31 Å². The third kappa shape index (κ3) is 6.86. The molecule has 1 aliphatic rings. The van der Waals surface area contributed by atoms with Gasteiger partial charge in [0.15, 0.2) is 0 Å². The Bertz CT molecular complexity index is 1420. The molecule has 3 aromatic carbocycles. The van der Waals surface area contributed by atoms with Crippen molar-refractivity contribution in [3.63, 3.8) is 0 Å². The van der Waals surface area contributed by atoms with Gasteiger partial charge in [-0.1, -0.05) is 71.7 Å². The summed E-state index contributed by atoms with van der Waals surface area (Å²) in [6, 6.07) is 20.1. The highest BCUT2D eigenvalue weighted by atomic mass is 79.9. The van der Waals surface area contributed by atoms with Crippen molar-refractivity contribution < 1.29 is 17.9 Å². The number of carbonyl (C=O) groups is 1. The number of sulfonamides is 1. The third-order valence-corrected chi connectivity index (χ3v) is 9.23. The molecule has 4 rings (SSSR count). The lowest BCUT2D eigenvalue weighted by Crippen LogP contribution is -2.50. The zero-order valence-corrected chi connectivity index (χ0v) is 24.5. The van der Waals surface area contributed by atoms with Crippen LogP contribution in [0, 0.1) is 0 Å². The van der Waals surface area contributed by atoms with Crippen LogP contribution in [-0.2, 0) is 21.4 Å². The molecule has 0 spiro atoms. The highest BCUT2D eigenvalue weighted by molar-refractivity contribution is 9.10. The Hall–Kier alpha value is -2.65. The molecule has 0 unspecified atom stereocenters. The maximum atomic E-state index is 13.1. The van der Waals surface area contributed by atoms with Crippen LogP contribution in [0.4, 0.5) is 0 Å². The number of hydrogen-bond acceptors (Lipinski definition) is 4. The maximum Gasteiger partial charge on any atom is 0.246 e. The molecule has 0 bridgehead atoms. The molecule has 1 fully saturated rings. The van der Waals surface area contributed by atoms with E-state index in [4.69, 9.17) is 16.3 Å². The van der Waals surface area contributed by atoms with Crippen LogP contribution in [0.3, 0.4) is 0 Å². The number of amides is 1. The molecule has 0 radical (unpaired) electrons. The minimum Gasteiger partial charge on any atom is -0.488 e. The number of benzene rings is 3. The van der Waals surface area contributed by atoms with Crippen LogP contribution < -0.4 is 4.74 Å². The van der Waals surface area contributed by atoms with Crippen molar-refractivity contribution in [2.24, 2.45) is 0 Å². The quantitative estimate of drug-likeness (QED) is 0.276. The van der Waals surface area contributed by atoms with Crippen LogP contribution in [0.5, 0.6) is 5.75 Å². The van der Waals surface area contributed by atoms with E-state index in [-0.39, 0.29) is 23.9 Å². The van der Waals surface area contributed by atoms with Gasteiger partial charge in [0, 0.05) is 52.9 Å². The van der Waals surface area contributed by atoms with E-state index in [1.807, 2.05) is 54.6 Å². The fourth-order valence-electron chi connectivity index (χ4n) is 4.14. The van der Waals surface area contributed by atoms with Gasteiger partial charge >= 0.3 is 0 Å². The predicted molar refractivity (Wildman–Crippen MR) is 155 cm³/mol. The second kappa shape index (κ2) is 12.5. The number of carbonyl (C=O) groups excluding carboxylic acids is 1. The van der Waals surface area contributed by atoms with Gasteiger partial charge in [0.25, 0.3) is 0 Å². The smallest absolute Gasteiger partial charge is 0.246 e. The average molecular weight is 618 g/mol. The summed E-state index contributed by atoms with van der Waals surface area (Å²) < 4.78 is 34.5. The van der Waals surface area contributed by atoms with Gasteiger partial charge in [-0.15, -0.1) is 0 Å². The molecular formula is C29H30BrClN2O4S. The molecule has 0 N–H and O–H groups in total. The Morgan fingerprint density at radius 3 is 2.37 bits per heavy atom. The van der Waals surface area contributed by atoms with Gasteiger partial charge in [0.2, 0.25) is 15.9 Å². The molecule has 9 heteroatoms. The summed E-state index contributed by atoms with van der Waals surface area (Å²) in [6.07, 6.45) is 3.22. The topological polar surface area (TPSA) is 66.9 Å². The summed E-state index contributed by atoms with van der Waals surface area (Å²) in [7, 11) is -3.61. The van der Waals surface area contributed by atoms with Crippen LogP contribution in [0.2, 0.25) is 5.02 Å². The lowest BCUT2D eigenvalue weighted by Gasteiger charge is -2.33. The van der Waals surface area contributed by atoms with Crippen molar-refractivity contribution in [3.05, 3.63) is 99.0 Å². The van der Waals surface area contributed by atoms with Gasteiger partial charge in [0.1, 0.15) is 12.4 Å². The van der Waals surface area contributed by atoms with Crippen LogP contribution >= 0.6 is 27.5 Å². The Labute approximate surface area is 238 Å². The van der Waals surface area contributed by atoms with Crippen LogP contribution in [0.1, 0.15) is 36.5 Å². The highest BCUT2D eigenvalue weighted by Gasteiger charge is 2.29. The monoisotopic (exact) mass is 616 g/mol. The van der Waals surface area contributed by atoms with E-state index < -0.39 is 10.0 Å². The number of nitrogens with zero attached hydrogens (tertiary/aromatic N) is 2. The Morgan fingerprint density at radius 2 is 1.71 bits per heavy atom. The van der Waals surface area contributed by atoms with Crippen molar-refractivity contribution >= 4 is 49.5 Å². The van der Waals surface area contributed by atoms with Crippen molar-refractivity contribution in [1.82, 2.24) is 9.21 Å². The van der Waals surface area contributed by atoms with Crippen molar-refractivity contribution in [2.75, 3.05) is 26.2 Å². The van der Waals surface area contributed by atoms with E-state index in [1.165, 1.54) is 10.4 Å². The number of ether oxygens (including phenoxy) is 1. The second-order valence-electron chi connectivity index (χ2n) is 9.35. The minimum absolute atomic E-state index is 0.180. The zero-order chi connectivity index (χ0) is 27.3. The summed E-state index contributed by atoms with van der Waals surface area (Å²) in [6.45, 7) is 5.57. The fourth-order valence-corrected chi connectivity index (χ4v) is 6.13. The SMILES string of the molecule is CC(C)c1ccc(S(=O)(=O)N2CCN(C(=O)/C=C/c3cc(Br)ccc3OCc3ccccc3Cl)CC2)cc1. The normalized spacial score (nSPS) is 14.8. The summed E-state index contributed by atoms with van der Waals surface area (Å²) >= 11 is 9.72. The molecular weight excluding hydrogens is 588 g/mol. The predicted octanol–water partition coefficient (Wildman–Crippen LogP) is 6.35. The minimum atomic E-state index is -3.61.